The maximum absolute atomic E-state index is 14.1. The van der Waals surface area contributed by atoms with Crippen LogP contribution in [0.1, 0.15) is 32.8 Å². The summed E-state index contributed by atoms with van der Waals surface area (Å²) in [6.07, 6.45) is 2.50. The molecule has 220 valence electrons. The molecule has 41 heavy (non-hydrogen) atoms. The molecule has 1 aliphatic heterocycles. The smallest absolute Gasteiger partial charge is 0.294 e. The number of likely N-dealkylation sites (N-methyl/N-ethyl adjacent to an activating group) is 2. The summed E-state index contributed by atoms with van der Waals surface area (Å²) in [5.74, 6) is 0.731. The second kappa shape index (κ2) is 12.0. The number of hydrogen-bond donors (Lipinski definition) is 3. The van der Waals surface area contributed by atoms with Crippen molar-refractivity contribution in [3.05, 3.63) is 63.0 Å². The van der Waals surface area contributed by atoms with Gasteiger partial charge < -0.3 is 30.3 Å². The maximum Gasteiger partial charge on any atom is 0.294 e. The van der Waals surface area contributed by atoms with Crippen LogP contribution in [0.5, 0.6) is 5.75 Å². The predicted molar refractivity (Wildman–Crippen MR) is 158 cm³/mol. The Morgan fingerprint density at radius 1 is 1.29 bits per heavy atom. The summed E-state index contributed by atoms with van der Waals surface area (Å²) < 4.78 is 19.7. The molecule has 3 aromatic rings. The van der Waals surface area contributed by atoms with Gasteiger partial charge in [0.15, 0.2) is 0 Å². The molecule has 1 fully saturated rings. The minimum absolute atomic E-state index is 0.0884. The molecule has 2 aromatic carbocycles. The van der Waals surface area contributed by atoms with Crippen molar-refractivity contribution in [1.29, 1.82) is 0 Å². The van der Waals surface area contributed by atoms with Crippen molar-refractivity contribution in [2.75, 3.05) is 49.8 Å². The zero-order chi connectivity index (χ0) is 30.1. The molecule has 0 aliphatic carbocycles. The van der Waals surface area contributed by atoms with Gasteiger partial charge in [-0.2, -0.15) is 4.98 Å². The Labute approximate surface area is 243 Å². The molecular weight excluding hydrogens is 553 g/mol. The number of nitrogens with one attached hydrogen (secondary N) is 2. The summed E-state index contributed by atoms with van der Waals surface area (Å²) in [6, 6.07) is 7.44. The van der Waals surface area contributed by atoms with Crippen LogP contribution in [0.15, 0.2) is 36.5 Å². The lowest BCUT2D eigenvalue weighted by Gasteiger charge is -2.27. The van der Waals surface area contributed by atoms with Crippen LogP contribution in [0.4, 0.5) is 38.9 Å². The molecule has 0 bridgehead atoms. The van der Waals surface area contributed by atoms with E-state index in [-0.39, 0.29) is 28.3 Å². The minimum Gasteiger partial charge on any atom is -0.494 e. The quantitative estimate of drug-likeness (QED) is 0.201. The first-order valence-electron chi connectivity index (χ1n) is 13.1. The summed E-state index contributed by atoms with van der Waals surface area (Å²) in [5.41, 5.74) is -0.0703. The molecule has 1 aromatic heterocycles. The van der Waals surface area contributed by atoms with E-state index >= 15 is 0 Å². The average molecular weight is 588 g/mol. The molecule has 0 radical (unpaired) electrons. The fourth-order valence-electron chi connectivity index (χ4n) is 5.17. The highest BCUT2D eigenvalue weighted by Gasteiger charge is 2.30. The largest absolute Gasteiger partial charge is 0.494 e. The van der Waals surface area contributed by atoms with Crippen LogP contribution in [-0.2, 0) is 5.60 Å². The Morgan fingerprint density at radius 2 is 2.02 bits per heavy atom. The van der Waals surface area contributed by atoms with Crippen molar-refractivity contribution in [2.45, 2.75) is 38.8 Å². The van der Waals surface area contributed by atoms with Crippen molar-refractivity contribution in [3.8, 4) is 5.75 Å². The Kier molecular flexibility index (Phi) is 8.86. The number of likely N-dealkylation sites (tertiary alicyclic amines) is 1. The first kappa shape index (κ1) is 30.2. The number of nitro benzene ring substituents is 1. The van der Waals surface area contributed by atoms with Gasteiger partial charge in [-0.25, -0.2) is 9.37 Å². The molecule has 4 rings (SSSR count). The molecule has 11 nitrogen and oxygen atoms in total. The van der Waals surface area contributed by atoms with Crippen LogP contribution in [-0.4, -0.2) is 65.2 Å². The summed E-state index contributed by atoms with van der Waals surface area (Å²) in [7, 11) is 5.40. The van der Waals surface area contributed by atoms with Gasteiger partial charge >= 0.3 is 0 Å². The number of ether oxygens (including phenoxy) is 1. The number of rotatable bonds is 10. The molecular formula is C28H35ClFN7O4. The van der Waals surface area contributed by atoms with Crippen LogP contribution in [0.25, 0.3) is 0 Å². The fourth-order valence-corrected chi connectivity index (χ4v) is 5.33. The van der Waals surface area contributed by atoms with E-state index in [9.17, 15) is 19.6 Å². The molecule has 0 saturated carbocycles. The first-order chi connectivity index (χ1) is 19.3. The average Bonchev–Trinajstić information content (AvgIpc) is 3.21. The molecule has 3 N–H and O–H groups in total. The monoisotopic (exact) mass is 587 g/mol. The normalized spacial score (nSPS) is 17.4. The number of nitrogens with zero attached hydrogens (tertiary/aromatic N) is 5. The third-order valence-corrected chi connectivity index (χ3v) is 7.46. The van der Waals surface area contributed by atoms with E-state index in [1.807, 2.05) is 11.9 Å². The number of aromatic nitrogens is 2. The van der Waals surface area contributed by atoms with E-state index in [0.717, 1.165) is 13.0 Å². The first-order valence-corrected chi connectivity index (χ1v) is 13.5. The lowest BCUT2D eigenvalue weighted by molar-refractivity contribution is -0.384. The van der Waals surface area contributed by atoms with Gasteiger partial charge in [-0.15, -0.1) is 0 Å². The second-order valence-electron chi connectivity index (χ2n) is 11.0. The van der Waals surface area contributed by atoms with Crippen molar-refractivity contribution in [2.24, 2.45) is 5.92 Å². The summed E-state index contributed by atoms with van der Waals surface area (Å²) >= 11 is 5.99. The molecule has 0 spiro atoms. The summed E-state index contributed by atoms with van der Waals surface area (Å²) in [4.78, 5) is 24.5. The topological polar surface area (TPSA) is 129 Å². The van der Waals surface area contributed by atoms with Crippen molar-refractivity contribution in [3.63, 3.8) is 0 Å². The highest BCUT2D eigenvalue weighted by molar-refractivity contribution is 6.31. The molecule has 13 heteroatoms. The molecule has 0 amide bonds. The molecule has 1 aliphatic rings. The number of aliphatic hydroxyl groups is 1. The standard InChI is InChI=1S/C28H35ClFN7O4/c1-16-9-17(35(4)14-16)15-36(5)23-13-25(41-6)22(12-24(23)37(39)40)33-27-31-8-7-26(34-27)32-21-11-19(29)20(30)10-18(21)28(2,3)38/h7-8,10-13,16-17,38H,9,14-15H2,1-6H3,(H2,31,32,33,34)/t16-,17+/m0/s1. The lowest BCUT2D eigenvalue weighted by Crippen LogP contribution is -2.36. The Hall–Kier alpha value is -3.74. The van der Waals surface area contributed by atoms with E-state index in [0.29, 0.717) is 41.1 Å². The van der Waals surface area contributed by atoms with Crippen LogP contribution >= 0.6 is 11.6 Å². The molecule has 2 atom stereocenters. The Bertz CT molecular complexity index is 1440. The maximum atomic E-state index is 14.1. The summed E-state index contributed by atoms with van der Waals surface area (Å²) in [6.45, 7) is 6.89. The highest BCUT2D eigenvalue weighted by Crippen LogP contribution is 2.40. The number of benzene rings is 2. The zero-order valence-electron chi connectivity index (χ0n) is 23.9. The number of nitro groups is 1. The molecule has 2 heterocycles. The Morgan fingerprint density at radius 3 is 2.63 bits per heavy atom. The number of anilines is 5. The van der Waals surface area contributed by atoms with Gasteiger partial charge in [0.2, 0.25) is 5.95 Å². The number of halogens is 2. The van der Waals surface area contributed by atoms with Crippen LogP contribution in [0.2, 0.25) is 5.02 Å². The Balaban J connectivity index is 1.62. The van der Waals surface area contributed by atoms with Crippen molar-refractivity contribution in [1.82, 2.24) is 14.9 Å². The third-order valence-electron chi connectivity index (χ3n) is 7.17. The zero-order valence-corrected chi connectivity index (χ0v) is 24.7. The van der Waals surface area contributed by atoms with Gasteiger partial charge in [-0.3, -0.25) is 10.1 Å². The van der Waals surface area contributed by atoms with Gasteiger partial charge in [-0.05, 0) is 51.4 Å². The predicted octanol–water partition coefficient (Wildman–Crippen LogP) is 5.68. The van der Waals surface area contributed by atoms with E-state index in [1.165, 1.54) is 45.4 Å². The van der Waals surface area contributed by atoms with Gasteiger partial charge in [-0.1, -0.05) is 18.5 Å². The third kappa shape index (κ3) is 6.95. The van der Waals surface area contributed by atoms with Gasteiger partial charge in [0.25, 0.3) is 5.69 Å². The highest BCUT2D eigenvalue weighted by atomic mass is 35.5. The number of methoxy groups -OCH3 is 1. The van der Waals surface area contributed by atoms with Crippen molar-refractivity contribution < 1.29 is 19.2 Å². The van der Waals surface area contributed by atoms with Gasteiger partial charge in [0.05, 0.1) is 28.3 Å². The van der Waals surface area contributed by atoms with Crippen molar-refractivity contribution >= 4 is 46.1 Å². The van der Waals surface area contributed by atoms with Crippen LogP contribution in [0, 0.1) is 21.8 Å². The van der Waals surface area contributed by atoms with Crippen LogP contribution in [0.3, 0.4) is 0 Å². The minimum atomic E-state index is -1.37. The van der Waals surface area contributed by atoms with Gasteiger partial charge in [0.1, 0.15) is 23.1 Å². The SMILES string of the molecule is COc1cc(N(C)C[C@H]2C[C@H](C)CN2C)c([N+](=O)[O-])cc1Nc1nccc(Nc2cc(Cl)c(F)cc2C(C)(C)O)n1. The second-order valence-corrected chi connectivity index (χ2v) is 11.4. The molecule has 1 saturated heterocycles. The van der Waals surface area contributed by atoms with E-state index in [1.54, 1.807) is 12.1 Å². The summed E-state index contributed by atoms with van der Waals surface area (Å²) in [5, 5.41) is 28.6. The van der Waals surface area contributed by atoms with Crippen LogP contribution < -0.4 is 20.3 Å². The fraction of sp³-hybridized carbons (Fsp3) is 0.429. The molecule has 0 unspecified atom stereocenters. The van der Waals surface area contributed by atoms with Gasteiger partial charge in [0, 0.05) is 55.8 Å². The van der Waals surface area contributed by atoms with E-state index in [2.05, 4.69) is 39.5 Å². The lowest BCUT2D eigenvalue weighted by atomic mass is 9.96. The number of hydrogen-bond acceptors (Lipinski definition) is 10. The van der Waals surface area contributed by atoms with E-state index in [4.69, 9.17) is 16.3 Å². The van der Waals surface area contributed by atoms with E-state index < -0.39 is 16.3 Å².